The minimum absolute atomic E-state index is 0.0291. The van der Waals surface area contributed by atoms with Crippen LogP contribution >= 0.6 is 22.7 Å². The van der Waals surface area contributed by atoms with E-state index in [9.17, 15) is 14.4 Å². The van der Waals surface area contributed by atoms with Gasteiger partial charge in [0.05, 0.1) is 16.2 Å². The number of hydrogen-bond acceptors (Lipinski definition) is 5. The summed E-state index contributed by atoms with van der Waals surface area (Å²) in [5.41, 5.74) is 0.886. The fourth-order valence-electron chi connectivity index (χ4n) is 3.01. The Balaban J connectivity index is 1.58. The summed E-state index contributed by atoms with van der Waals surface area (Å²) in [4.78, 5) is 42.8. The van der Waals surface area contributed by atoms with Crippen molar-refractivity contribution in [3.05, 3.63) is 43.8 Å². The third kappa shape index (κ3) is 4.40. The maximum Gasteiger partial charge on any atom is 0.263 e. The van der Waals surface area contributed by atoms with Gasteiger partial charge in [0.15, 0.2) is 5.78 Å². The summed E-state index contributed by atoms with van der Waals surface area (Å²) in [6.07, 6.45) is 1.09. The van der Waals surface area contributed by atoms with Crippen molar-refractivity contribution in [3.63, 3.8) is 0 Å². The van der Waals surface area contributed by atoms with Crippen LogP contribution in [0.1, 0.15) is 43.1 Å². The Morgan fingerprint density at radius 2 is 1.77 bits per heavy atom. The van der Waals surface area contributed by atoms with Crippen molar-refractivity contribution < 1.29 is 14.4 Å². The van der Waals surface area contributed by atoms with Gasteiger partial charge in [-0.3, -0.25) is 14.4 Å². The number of rotatable bonds is 4. The molecule has 138 valence electrons. The molecule has 3 rings (SSSR count). The molecule has 0 unspecified atom stereocenters. The van der Waals surface area contributed by atoms with Crippen LogP contribution < -0.4 is 0 Å². The fourth-order valence-corrected chi connectivity index (χ4v) is 4.67. The predicted octanol–water partition coefficient (Wildman–Crippen LogP) is 3.24. The van der Waals surface area contributed by atoms with Crippen molar-refractivity contribution in [3.8, 4) is 0 Å². The zero-order valence-electron chi connectivity index (χ0n) is 15.0. The molecule has 1 aliphatic heterocycles. The van der Waals surface area contributed by atoms with Gasteiger partial charge in [-0.1, -0.05) is 0 Å². The lowest BCUT2D eigenvalue weighted by atomic mass is 10.2. The van der Waals surface area contributed by atoms with E-state index in [-0.39, 0.29) is 17.6 Å². The standard InChI is InChI=1S/C19H22N2O3S2/c1-13-4-5-16(26-13)19(24)21-7-3-6-20(8-9-21)18(23)11-15-10-17(14(2)22)25-12-15/h4-5,10,12H,3,6-9,11H2,1-2H3. The molecule has 2 aromatic heterocycles. The van der Waals surface area contributed by atoms with E-state index >= 15 is 0 Å². The third-order valence-corrected chi connectivity index (χ3v) is 6.51. The number of thiophene rings is 2. The van der Waals surface area contributed by atoms with Gasteiger partial charge >= 0.3 is 0 Å². The van der Waals surface area contributed by atoms with E-state index in [0.717, 1.165) is 21.7 Å². The maximum absolute atomic E-state index is 12.6. The summed E-state index contributed by atoms with van der Waals surface area (Å²) >= 11 is 2.89. The molecule has 7 heteroatoms. The molecule has 1 aliphatic rings. The van der Waals surface area contributed by atoms with Gasteiger partial charge in [-0.2, -0.15) is 0 Å². The second-order valence-corrected chi connectivity index (χ2v) is 8.69. The van der Waals surface area contributed by atoms with E-state index in [1.54, 1.807) is 6.07 Å². The van der Waals surface area contributed by atoms with Gasteiger partial charge in [-0.15, -0.1) is 22.7 Å². The number of carbonyl (C=O) groups is 3. The Kier molecular flexibility index (Phi) is 5.88. The zero-order valence-corrected chi connectivity index (χ0v) is 16.6. The molecule has 2 aromatic rings. The Labute approximate surface area is 161 Å². The Hall–Kier alpha value is -1.99. The number of amides is 2. The van der Waals surface area contributed by atoms with E-state index in [1.807, 2.05) is 34.2 Å². The summed E-state index contributed by atoms with van der Waals surface area (Å²) in [6, 6.07) is 5.64. The second-order valence-electron chi connectivity index (χ2n) is 6.49. The van der Waals surface area contributed by atoms with Crippen LogP contribution in [-0.4, -0.2) is 53.6 Å². The molecule has 0 N–H and O–H groups in total. The lowest BCUT2D eigenvalue weighted by Gasteiger charge is -2.21. The van der Waals surface area contributed by atoms with Gasteiger partial charge in [0, 0.05) is 31.1 Å². The van der Waals surface area contributed by atoms with Crippen molar-refractivity contribution in [2.75, 3.05) is 26.2 Å². The average molecular weight is 391 g/mol. The highest BCUT2D eigenvalue weighted by molar-refractivity contribution is 7.14. The SMILES string of the molecule is CC(=O)c1cc(CC(=O)N2CCCN(C(=O)c3ccc(C)s3)CC2)cs1. The molecule has 2 amide bonds. The van der Waals surface area contributed by atoms with E-state index in [4.69, 9.17) is 0 Å². The summed E-state index contributed by atoms with van der Waals surface area (Å²) < 4.78 is 0. The first-order valence-corrected chi connectivity index (χ1v) is 10.4. The quantitative estimate of drug-likeness (QED) is 0.753. The smallest absolute Gasteiger partial charge is 0.263 e. The van der Waals surface area contributed by atoms with Crippen LogP contribution in [0.15, 0.2) is 23.6 Å². The maximum atomic E-state index is 12.6. The second kappa shape index (κ2) is 8.14. The molecule has 0 spiro atoms. The van der Waals surface area contributed by atoms with Gasteiger partial charge in [0.2, 0.25) is 5.91 Å². The Morgan fingerprint density at radius 3 is 2.42 bits per heavy atom. The monoisotopic (exact) mass is 390 g/mol. The normalized spacial score (nSPS) is 15.0. The lowest BCUT2D eigenvalue weighted by Crippen LogP contribution is -2.37. The van der Waals surface area contributed by atoms with E-state index in [2.05, 4.69) is 0 Å². The molecule has 3 heterocycles. The van der Waals surface area contributed by atoms with Gasteiger partial charge < -0.3 is 9.80 Å². The molecule has 26 heavy (non-hydrogen) atoms. The van der Waals surface area contributed by atoms with Gasteiger partial charge in [0.1, 0.15) is 0 Å². The molecule has 0 bridgehead atoms. The predicted molar refractivity (Wildman–Crippen MR) is 104 cm³/mol. The van der Waals surface area contributed by atoms with Crippen molar-refractivity contribution in [2.45, 2.75) is 26.7 Å². The van der Waals surface area contributed by atoms with Crippen LogP contribution in [0.25, 0.3) is 0 Å². The highest BCUT2D eigenvalue weighted by Gasteiger charge is 2.23. The largest absolute Gasteiger partial charge is 0.341 e. The highest BCUT2D eigenvalue weighted by Crippen LogP contribution is 2.19. The molecule has 0 radical (unpaired) electrons. The van der Waals surface area contributed by atoms with E-state index in [0.29, 0.717) is 37.5 Å². The number of ketones is 1. The minimum Gasteiger partial charge on any atom is -0.341 e. The van der Waals surface area contributed by atoms with E-state index < -0.39 is 0 Å². The van der Waals surface area contributed by atoms with E-state index in [1.165, 1.54) is 29.6 Å². The van der Waals surface area contributed by atoms with Crippen molar-refractivity contribution in [1.29, 1.82) is 0 Å². The average Bonchev–Trinajstić information content (AvgIpc) is 3.17. The number of carbonyl (C=O) groups excluding carboxylic acids is 3. The topological polar surface area (TPSA) is 57.7 Å². The minimum atomic E-state index is 0.0291. The van der Waals surface area contributed by atoms with Crippen LogP contribution in [0.2, 0.25) is 0 Å². The van der Waals surface area contributed by atoms with Crippen molar-refractivity contribution >= 4 is 40.3 Å². The summed E-state index contributed by atoms with van der Waals surface area (Å²) in [5.74, 6) is 0.141. The molecule has 1 fully saturated rings. The molecule has 0 saturated carbocycles. The summed E-state index contributed by atoms with van der Waals surface area (Å²) in [5, 5.41) is 1.88. The number of nitrogens with zero attached hydrogens (tertiary/aromatic N) is 2. The van der Waals surface area contributed by atoms with Gasteiger partial charge in [-0.25, -0.2) is 0 Å². The Bertz CT molecular complexity index is 824. The summed E-state index contributed by atoms with van der Waals surface area (Å²) in [6.45, 7) is 5.98. The first-order chi connectivity index (χ1) is 12.4. The van der Waals surface area contributed by atoms with Gasteiger partial charge in [-0.05, 0) is 49.4 Å². The lowest BCUT2D eigenvalue weighted by molar-refractivity contribution is -0.130. The van der Waals surface area contributed by atoms with Crippen LogP contribution in [0.4, 0.5) is 0 Å². The summed E-state index contributed by atoms with van der Waals surface area (Å²) in [7, 11) is 0. The molecule has 0 aliphatic carbocycles. The van der Waals surface area contributed by atoms with Gasteiger partial charge in [0.25, 0.3) is 5.91 Å². The number of Topliss-reactive ketones (excluding diaryl/α,β-unsaturated/α-hetero) is 1. The molecule has 5 nitrogen and oxygen atoms in total. The van der Waals surface area contributed by atoms with Crippen LogP contribution in [-0.2, 0) is 11.2 Å². The van der Waals surface area contributed by atoms with Crippen LogP contribution in [0.5, 0.6) is 0 Å². The number of aryl methyl sites for hydroxylation is 1. The first kappa shape index (κ1) is 18.8. The Morgan fingerprint density at radius 1 is 1.04 bits per heavy atom. The van der Waals surface area contributed by atoms with Crippen LogP contribution in [0, 0.1) is 6.92 Å². The molecular weight excluding hydrogens is 368 g/mol. The molecule has 0 aromatic carbocycles. The fraction of sp³-hybridized carbons (Fsp3) is 0.421. The van der Waals surface area contributed by atoms with Crippen molar-refractivity contribution in [2.24, 2.45) is 0 Å². The first-order valence-electron chi connectivity index (χ1n) is 8.66. The molecule has 0 atom stereocenters. The van der Waals surface area contributed by atoms with Crippen LogP contribution in [0.3, 0.4) is 0 Å². The zero-order chi connectivity index (χ0) is 18.7. The van der Waals surface area contributed by atoms with Crippen molar-refractivity contribution in [1.82, 2.24) is 9.80 Å². The highest BCUT2D eigenvalue weighted by atomic mass is 32.1. The molecule has 1 saturated heterocycles. The number of hydrogen-bond donors (Lipinski definition) is 0. The third-order valence-electron chi connectivity index (χ3n) is 4.44. The molecular formula is C19H22N2O3S2.